The molecule has 0 bridgehead atoms. The first-order valence-electron chi connectivity index (χ1n) is 6.28. The molecule has 0 atom stereocenters. The molecule has 1 aromatic rings. The highest BCUT2D eigenvalue weighted by Gasteiger charge is 2.15. The van der Waals surface area contributed by atoms with Gasteiger partial charge in [0.05, 0.1) is 12.8 Å². The van der Waals surface area contributed by atoms with Gasteiger partial charge in [-0.15, -0.1) is 0 Å². The van der Waals surface area contributed by atoms with E-state index >= 15 is 0 Å². The van der Waals surface area contributed by atoms with E-state index in [0.29, 0.717) is 0 Å². The second kappa shape index (κ2) is 5.63. The Kier molecular flexibility index (Phi) is 4.16. The quantitative estimate of drug-likeness (QED) is 0.866. The summed E-state index contributed by atoms with van der Waals surface area (Å²) in [6.45, 7) is 3.06. The zero-order chi connectivity index (χ0) is 12.3. The van der Waals surface area contributed by atoms with Crippen molar-refractivity contribution in [2.75, 3.05) is 19.0 Å². The van der Waals surface area contributed by atoms with E-state index in [0.717, 1.165) is 34.5 Å². The molecule has 1 aliphatic rings. The fourth-order valence-corrected chi connectivity index (χ4v) is 2.59. The lowest BCUT2D eigenvalue weighted by Gasteiger charge is -2.15. The van der Waals surface area contributed by atoms with Crippen LogP contribution in [0, 0.1) is 12.8 Å². The van der Waals surface area contributed by atoms with Gasteiger partial charge in [-0.2, -0.15) is 0 Å². The summed E-state index contributed by atoms with van der Waals surface area (Å²) in [5.41, 5.74) is 2.14. The lowest BCUT2D eigenvalue weighted by Crippen LogP contribution is -2.11. The molecular formula is C14H20ClNO. The van der Waals surface area contributed by atoms with Gasteiger partial charge in [-0.25, -0.2) is 0 Å². The number of hydrogen-bond donors (Lipinski definition) is 1. The minimum absolute atomic E-state index is 0.758. The van der Waals surface area contributed by atoms with Crippen molar-refractivity contribution >= 4 is 17.3 Å². The lowest BCUT2D eigenvalue weighted by atomic mass is 10.1. The molecule has 0 spiro atoms. The Balaban J connectivity index is 2.05. The van der Waals surface area contributed by atoms with Gasteiger partial charge < -0.3 is 10.1 Å². The topological polar surface area (TPSA) is 21.3 Å². The van der Waals surface area contributed by atoms with Gasteiger partial charge in [0.1, 0.15) is 5.75 Å². The number of benzene rings is 1. The molecule has 3 heteroatoms. The van der Waals surface area contributed by atoms with Crippen LogP contribution >= 0.6 is 11.6 Å². The summed E-state index contributed by atoms with van der Waals surface area (Å²) in [4.78, 5) is 0. The summed E-state index contributed by atoms with van der Waals surface area (Å²) in [6, 6.07) is 3.95. The number of anilines is 1. The summed E-state index contributed by atoms with van der Waals surface area (Å²) < 4.78 is 5.35. The molecule has 1 fully saturated rings. The number of aryl methyl sites for hydroxylation is 1. The van der Waals surface area contributed by atoms with Crippen LogP contribution in [-0.2, 0) is 0 Å². The van der Waals surface area contributed by atoms with Crippen LogP contribution in [-0.4, -0.2) is 13.7 Å². The number of hydrogen-bond acceptors (Lipinski definition) is 2. The third-order valence-corrected chi connectivity index (χ3v) is 3.94. The average molecular weight is 254 g/mol. The third kappa shape index (κ3) is 3.06. The second-order valence-electron chi connectivity index (χ2n) is 4.83. The van der Waals surface area contributed by atoms with E-state index in [1.165, 1.54) is 25.7 Å². The fraction of sp³-hybridized carbons (Fsp3) is 0.571. The van der Waals surface area contributed by atoms with Gasteiger partial charge in [-0.3, -0.25) is 0 Å². The first kappa shape index (κ1) is 12.6. The minimum Gasteiger partial charge on any atom is -0.495 e. The fourth-order valence-electron chi connectivity index (χ4n) is 2.44. The van der Waals surface area contributed by atoms with Gasteiger partial charge in [0.25, 0.3) is 0 Å². The van der Waals surface area contributed by atoms with Crippen LogP contribution in [0.3, 0.4) is 0 Å². The Labute approximate surface area is 108 Å². The van der Waals surface area contributed by atoms with E-state index in [1.807, 2.05) is 13.0 Å². The van der Waals surface area contributed by atoms with E-state index in [4.69, 9.17) is 16.3 Å². The first-order chi connectivity index (χ1) is 8.20. The zero-order valence-electron chi connectivity index (χ0n) is 10.6. The molecule has 0 unspecified atom stereocenters. The van der Waals surface area contributed by atoms with Gasteiger partial charge in [0, 0.05) is 17.6 Å². The molecule has 2 rings (SSSR count). The monoisotopic (exact) mass is 253 g/mol. The zero-order valence-corrected chi connectivity index (χ0v) is 11.3. The maximum Gasteiger partial charge on any atom is 0.143 e. The molecule has 17 heavy (non-hydrogen) atoms. The molecule has 1 aliphatic carbocycles. The molecule has 2 nitrogen and oxygen atoms in total. The minimum atomic E-state index is 0.758. The summed E-state index contributed by atoms with van der Waals surface area (Å²) in [6.07, 6.45) is 5.45. The van der Waals surface area contributed by atoms with Crippen molar-refractivity contribution in [3.63, 3.8) is 0 Å². The highest BCUT2D eigenvalue weighted by molar-refractivity contribution is 6.31. The molecule has 94 valence electrons. The van der Waals surface area contributed by atoms with Crippen LogP contribution in [0.1, 0.15) is 31.2 Å². The Bertz CT molecular complexity index is 386. The van der Waals surface area contributed by atoms with Gasteiger partial charge in [-0.1, -0.05) is 24.4 Å². The van der Waals surface area contributed by atoms with E-state index in [9.17, 15) is 0 Å². The van der Waals surface area contributed by atoms with Crippen molar-refractivity contribution in [2.24, 2.45) is 5.92 Å². The maximum atomic E-state index is 6.08. The molecule has 1 N–H and O–H groups in total. The number of nitrogens with one attached hydrogen (secondary N) is 1. The van der Waals surface area contributed by atoms with Crippen molar-refractivity contribution < 1.29 is 4.74 Å². The summed E-state index contributed by atoms with van der Waals surface area (Å²) in [7, 11) is 1.68. The predicted octanol–water partition coefficient (Wildman–Crippen LogP) is 4.26. The van der Waals surface area contributed by atoms with E-state index < -0.39 is 0 Å². The first-order valence-corrected chi connectivity index (χ1v) is 6.66. The van der Waals surface area contributed by atoms with E-state index in [2.05, 4.69) is 11.4 Å². The Morgan fingerprint density at radius 2 is 2.06 bits per heavy atom. The van der Waals surface area contributed by atoms with Crippen LogP contribution in [0.5, 0.6) is 5.75 Å². The van der Waals surface area contributed by atoms with Crippen molar-refractivity contribution in [1.82, 2.24) is 0 Å². The average Bonchev–Trinajstić information content (AvgIpc) is 2.83. The third-order valence-electron chi connectivity index (χ3n) is 3.54. The highest BCUT2D eigenvalue weighted by Crippen LogP contribution is 2.32. The van der Waals surface area contributed by atoms with Crippen LogP contribution in [0.25, 0.3) is 0 Å². The molecule has 0 amide bonds. The van der Waals surface area contributed by atoms with Gasteiger partial charge in [-0.05, 0) is 37.3 Å². The molecular weight excluding hydrogens is 234 g/mol. The largest absolute Gasteiger partial charge is 0.495 e. The van der Waals surface area contributed by atoms with E-state index in [-0.39, 0.29) is 0 Å². The lowest BCUT2D eigenvalue weighted by molar-refractivity contribution is 0.416. The smallest absolute Gasteiger partial charge is 0.143 e. The molecule has 0 radical (unpaired) electrons. The number of rotatable bonds is 4. The summed E-state index contributed by atoms with van der Waals surface area (Å²) in [5, 5.41) is 4.25. The molecule has 0 aromatic heterocycles. The van der Waals surface area contributed by atoms with Crippen LogP contribution in [0.4, 0.5) is 5.69 Å². The molecule has 1 saturated carbocycles. The molecule has 0 saturated heterocycles. The van der Waals surface area contributed by atoms with Crippen molar-refractivity contribution in [1.29, 1.82) is 0 Å². The van der Waals surface area contributed by atoms with Crippen molar-refractivity contribution in [3.05, 3.63) is 22.7 Å². The Morgan fingerprint density at radius 3 is 2.71 bits per heavy atom. The maximum absolute atomic E-state index is 6.08. The Hall–Kier alpha value is -0.890. The van der Waals surface area contributed by atoms with Gasteiger partial charge in [0.15, 0.2) is 0 Å². The van der Waals surface area contributed by atoms with Gasteiger partial charge in [0.2, 0.25) is 0 Å². The molecule has 0 aliphatic heterocycles. The second-order valence-corrected chi connectivity index (χ2v) is 5.24. The van der Waals surface area contributed by atoms with E-state index in [1.54, 1.807) is 7.11 Å². The van der Waals surface area contributed by atoms with Crippen LogP contribution in [0.2, 0.25) is 5.02 Å². The standard InChI is InChI=1S/C14H20ClNO/c1-10-7-13(14(17-2)8-12(10)15)16-9-11-5-3-4-6-11/h7-8,11,16H,3-6,9H2,1-2H3. The van der Waals surface area contributed by atoms with Crippen molar-refractivity contribution in [3.8, 4) is 5.75 Å². The number of ether oxygens (including phenoxy) is 1. The van der Waals surface area contributed by atoms with Crippen molar-refractivity contribution in [2.45, 2.75) is 32.6 Å². The normalized spacial score (nSPS) is 16.2. The van der Waals surface area contributed by atoms with Crippen LogP contribution in [0.15, 0.2) is 12.1 Å². The molecule has 0 heterocycles. The number of methoxy groups -OCH3 is 1. The molecule has 1 aromatic carbocycles. The summed E-state index contributed by atoms with van der Waals surface area (Å²) >= 11 is 6.08. The number of halogens is 1. The van der Waals surface area contributed by atoms with Gasteiger partial charge >= 0.3 is 0 Å². The predicted molar refractivity (Wildman–Crippen MR) is 73.2 cm³/mol. The van der Waals surface area contributed by atoms with Crippen LogP contribution < -0.4 is 10.1 Å². The SMILES string of the molecule is COc1cc(Cl)c(C)cc1NCC1CCCC1. The summed E-state index contributed by atoms with van der Waals surface area (Å²) in [5.74, 6) is 1.65. The highest BCUT2D eigenvalue weighted by atomic mass is 35.5. The Morgan fingerprint density at radius 1 is 1.35 bits per heavy atom.